The second kappa shape index (κ2) is 5.13. The number of benzene rings is 2. The normalized spacial score (nSPS) is 10.8. The second-order valence-corrected chi connectivity index (χ2v) is 5.46. The average molecular weight is 275 g/mol. The fraction of sp³-hybridized carbons (Fsp3) is 0.158. The molecule has 2 nitrogen and oxygen atoms in total. The molecule has 0 N–H and O–H groups in total. The molecule has 0 unspecified atom stereocenters. The van der Waals surface area contributed by atoms with Crippen molar-refractivity contribution in [3.8, 4) is 0 Å². The highest BCUT2D eigenvalue weighted by atomic mass is 16.1. The number of nitrogens with zero attached hydrogens (tertiary/aromatic N) is 1. The van der Waals surface area contributed by atoms with Gasteiger partial charge in [-0.2, -0.15) is 0 Å². The fourth-order valence-corrected chi connectivity index (χ4v) is 2.64. The van der Waals surface area contributed by atoms with E-state index in [9.17, 15) is 4.79 Å². The number of ketones is 1. The molecule has 1 heterocycles. The van der Waals surface area contributed by atoms with E-state index in [1.807, 2.05) is 50.2 Å². The van der Waals surface area contributed by atoms with Gasteiger partial charge in [0.25, 0.3) is 0 Å². The average Bonchev–Trinajstić information content (AvgIpc) is 2.49. The van der Waals surface area contributed by atoms with E-state index in [-0.39, 0.29) is 5.78 Å². The Balaban J connectivity index is 2.20. The number of fused-ring (bicyclic) bond motifs is 1. The van der Waals surface area contributed by atoms with Crippen LogP contribution in [0.25, 0.3) is 10.9 Å². The largest absolute Gasteiger partial charge is 0.289 e. The molecule has 3 aromatic rings. The van der Waals surface area contributed by atoms with Gasteiger partial charge >= 0.3 is 0 Å². The minimum Gasteiger partial charge on any atom is -0.289 e. The Hall–Kier alpha value is -2.48. The molecular formula is C19H17NO. The van der Waals surface area contributed by atoms with Crippen LogP contribution in [0.2, 0.25) is 0 Å². The van der Waals surface area contributed by atoms with Crippen LogP contribution in [0.5, 0.6) is 0 Å². The minimum atomic E-state index is 0.0416. The van der Waals surface area contributed by atoms with Crippen LogP contribution in [0.4, 0.5) is 0 Å². The molecule has 1 aromatic heterocycles. The van der Waals surface area contributed by atoms with Crippen LogP contribution < -0.4 is 0 Å². The third-order valence-electron chi connectivity index (χ3n) is 3.96. The molecule has 0 aliphatic rings. The van der Waals surface area contributed by atoms with E-state index in [2.05, 4.69) is 18.0 Å². The van der Waals surface area contributed by atoms with Crippen LogP contribution in [0, 0.1) is 20.8 Å². The minimum absolute atomic E-state index is 0.0416. The zero-order valence-electron chi connectivity index (χ0n) is 12.5. The standard InChI is InChI=1S/C19H17NO/c1-12-10-14(3)17(11-13(12)2)19(21)16-8-4-6-15-7-5-9-20-18(15)16/h4-11H,1-3H3. The summed E-state index contributed by atoms with van der Waals surface area (Å²) in [6.45, 7) is 6.08. The first-order valence-electron chi connectivity index (χ1n) is 7.04. The molecule has 104 valence electrons. The molecule has 0 fully saturated rings. The molecule has 0 saturated heterocycles. The Morgan fingerprint density at radius 3 is 2.38 bits per heavy atom. The van der Waals surface area contributed by atoms with E-state index in [0.29, 0.717) is 5.56 Å². The SMILES string of the molecule is Cc1cc(C)c(C(=O)c2cccc3cccnc23)cc1C. The lowest BCUT2D eigenvalue weighted by Gasteiger charge is -2.10. The first-order chi connectivity index (χ1) is 10.1. The number of para-hydroxylation sites is 1. The first kappa shape index (κ1) is 13.5. The molecule has 0 aliphatic heterocycles. The first-order valence-corrected chi connectivity index (χ1v) is 7.04. The Kier molecular flexibility index (Phi) is 3.30. The number of carbonyl (C=O) groups is 1. The van der Waals surface area contributed by atoms with Crippen molar-refractivity contribution in [1.29, 1.82) is 0 Å². The van der Waals surface area contributed by atoms with Crippen molar-refractivity contribution in [2.24, 2.45) is 0 Å². The van der Waals surface area contributed by atoms with Gasteiger partial charge in [0, 0.05) is 22.7 Å². The van der Waals surface area contributed by atoms with Crippen molar-refractivity contribution in [1.82, 2.24) is 4.98 Å². The summed E-state index contributed by atoms with van der Waals surface area (Å²) in [4.78, 5) is 17.3. The molecule has 0 amide bonds. The number of aromatic nitrogens is 1. The molecule has 0 aliphatic carbocycles. The van der Waals surface area contributed by atoms with Gasteiger partial charge in [0.05, 0.1) is 5.52 Å². The summed E-state index contributed by atoms with van der Waals surface area (Å²) in [6, 6.07) is 13.7. The number of rotatable bonds is 2. The van der Waals surface area contributed by atoms with Gasteiger partial charge in [-0.05, 0) is 55.7 Å². The number of aryl methyl sites for hydroxylation is 3. The fourth-order valence-electron chi connectivity index (χ4n) is 2.64. The summed E-state index contributed by atoms with van der Waals surface area (Å²) >= 11 is 0. The molecule has 0 saturated carbocycles. The van der Waals surface area contributed by atoms with Crippen molar-refractivity contribution in [3.63, 3.8) is 0 Å². The molecule has 2 aromatic carbocycles. The van der Waals surface area contributed by atoms with E-state index in [0.717, 1.165) is 27.6 Å². The Morgan fingerprint density at radius 1 is 0.857 bits per heavy atom. The quantitative estimate of drug-likeness (QED) is 0.649. The van der Waals surface area contributed by atoms with Crippen molar-refractivity contribution >= 4 is 16.7 Å². The summed E-state index contributed by atoms with van der Waals surface area (Å²) < 4.78 is 0. The highest BCUT2D eigenvalue weighted by Gasteiger charge is 2.16. The third kappa shape index (κ3) is 2.33. The van der Waals surface area contributed by atoms with Gasteiger partial charge in [-0.25, -0.2) is 0 Å². The predicted molar refractivity (Wildman–Crippen MR) is 85.8 cm³/mol. The van der Waals surface area contributed by atoms with Crippen molar-refractivity contribution < 1.29 is 4.79 Å². The van der Waals surface area contributed by atoms with Crippen LogP contribution in [-0.4, -0.2) is 10.8 Å². The number of hydrogen-bond acceptors (Lipinski definition) is 2. The Morgan fingerprint density at radius 2 is 1.57 bits per heavy atom. The van der Waals surface area contributed by atoms with Crippen molar-refractivity contribution in [2.45, 2.75) is 20.8 Å². The Labute approximate surface area is 124 Å². The van der Waals surface area contributed by atoms with Gasteiger partial charge in [0.1, 0.15) is 0 Å². The second-order valence-electron chi connectivity index (χ2n) is 5.46. The maximum absolute atomic E-state index is 12.9. The molecular weight excluding hydrogens is 258 g/mol. The smallest absolute Gasteiger partial charge is 0.195 e. The van der Waals surface area contributed by atoms with E-state index in [4.69, 9.17) is 0 Å². The summed E-state index contributed by atoms with van der Waals surface area (Å²) in [5.74, 6) is 0.0416. The zero-order valence-corrected chi connectivity index (χ0v) is 12.5. The molecule has 0 atom stereocenters. The summed E-state index contributed by atoms with van der Waals surface area (Å²) in [5.41, 5.74) is 5.55. The summed E-state index contributed by atoms with van der Waals surface area (Å²) in [6.07, 6.45) is 1.73. The zero-order chi connectivity index (χ0) is 15.0. The van der Waals surface area contributed by atoms with Gasteiger partial charge in [0.2, 0.25) is 0 Å². The molecule has 0 bridgehead atoms. The van der Waals surface area contributed by atoms with Crippen LogP contribution in [0.1, 0.15) is 32.6 Å². The number of hydrogen-bond donors (Lipinski definition) is 0. The van der Waals surface area contributed by atoms with E-state index in [1.54, 1.807) is 6.20 Å². The summed E-state index contributed by atoms with van der Waals surface area (Å²) in [5, 5.41) is 0.991. The molecule has 0 spiro atoms. The highest BCUT2D eigenvalue weighted by Crippen LogP contribution is 2.23. The lowest BCUT2D eigenvalue weighted by atomic mass is 9.94. The maximum atomic E-state index is 12.9. The number of carbonyl (C=O) groups excluding carboxylic acids is 1. The number of pyridine rings is 1. The van der Waals surface area contributed by atoms with Crippen LogP contribution >= 0.6 is 0 Å². The monoisotopic (exact) mass is 275 g/mol. The van der Waals surface area contributed by atoms with Gasteiger partial charge < -0.3 is 0 Å². The van der Waals surface area contributed by atoms with E-state index in [1.165, 1.54) is 5.56 Å². The topological polar surface area (TPSA) is 30.0 Å². The molecule has 3 rings (SSSR count). The molecule has 0 radical (unpaired) electrons. The predicted octanol–water partition coefficient (Wildman–Crippen LogP) is 4.39. The van der Waals surface area contributed by atoms with Gasteiger partial charge in [0.15, 0.2) is 5.78 Å². The van der Waals surface area contributed by atoms with E-state index < -0.39 is 0 Å². The Bertz CT molecular complexity index is 844. The van der Waals surface area contributed by atoms with Gasteiger partial charge in [-0.15, -0.1) is 0 Å². The van der Waals surface area contributed by atoms with Crippen molar-refractivity contribution in [2.75, 3.05) is 0 Å². The highest BCUT2D eigenvalue weighted by molar-refractivity contribution is 6.16. The summed E-state index contributed by atoms with van der Waals surface area (Å²) in [7, 11) is 0. The van der Waals surface area contributed by atoms with Gasteiger partial charge in [-0.3, -0.25) is 9.78 Å². The molecule has 2 heteroatoms. The third-order valence-corrected chi connectivity index (χ3v) is 3.96. The lowest BCUT2D eigenvalue weighted by Crippen LogP contribution is -2.06. The molecule has 21 heavy (non-hydrogen) atoms. The van der Waals surface area contributed by atoms with Crippen molar-refractivity contribution in [3.05, 3.63) is 76.5 Å². The maximum Gasteiger partial charge on any atom is 0.195 e. The lowest BCUT2D eigenvalue weighted by molar-refractivity contribution is 0.103. The van der Waals surface area contributed by atoms with Gasteiger partial charge in [-0.1, -0.05) is 24.3 Å². The van der Waals surface area contributed by atoms with Crippen LogP contribution in [-0.2, 0) is 0 Å². The van der Waals surface area contributed by atoms with Crippen LogP contribution in [0.15, 0.2) is 48.7 Å². The van der Waals surface area contributed by atoms with E-state index >= 15 is 0 Å². The van der Waals surface area contributed by atoms with Crippen LogP contribution in [0.3, 0.4) is 0 Å².